The second-order valence-corrected chi connectivity index (χ2v) is 12.8. The van der Waals surface area contributed by atoms with Crippen LogP contribution in [-0.4, -0.2) is 89.4 Å². The number of aldehydes is 1. The van der Waals surface area contributed by atoms with Gasteiger partial charge in [0.2, 0.25) is 0 Å². The summed E-state index contributed by atoms with van der Waals surface area (Å²) in [5, 5.41) is 49.9. The Morgan fingerprint density at radius 2 is 1.59 bits per heavy atom. The van der Waals surface area contributed by atoms with Crippen LogP contribution in [0.1, 0.15) is 58.9 Å². The van der Waals surface area contributed by atoms with Gasteiger partial charge in [-0.05, 0) is 49.8 Å². The first-order chi connectivity index (χ1) is 28.0. The zero-order valence-corrected chi connectivity index (χ0v) is 31.7. The molecule has 3 aliphatic heterocycles. The van der Waals surface area contributed by atoms with Gasteiger partial charge in [-0.1, -0.05) is 0 Å². The number of aryl methyl sites for hydroxylation is 1. The number of methoxy groups -OCH3 is 3. The van der Waals surface area contributed by atoms with Crippen LogP contribution in [0.25, 0.3) is 11.6 Å². The molecule has 59 heavy (non-hydrogen) atoms. The van der Waals surface area contributed by atoms with Gasteiger partial charge in [-0.15, -0.1) is 0 Å². The van der Waals surface area contributed by atoms with E-state index in [1.54, 1.807) is 39.5 Å². The molecule has 0 fully saturated rings. The first kappa shape index (κ1) is 40.9. The summed E-state index contributed by atoms with van der Waals surface area (Å²) in [6.45, 7) is 1.80. The molecule has 0 aliphatic carbocycles. The topological polar surface area (TPSA) is 260 Å². The molecule has 5 N–H and O–H groups in total. The van der Waals surface area contributed by atoms with Crippen molar-refractivity contribution in [1.82, 2.24) is 0 Å². The molecule has 18 nitrogen and oxygen atoms in total. The zero-order chi connectivity index (χ0) is 42.9. The number of aromatic hydroxyl groups is 2. The van der Waals surface area contributed by atoms with Gasteiger partial charge in [0.05, 0.1) is 32.5 Å². The number of aromatic carboxylic acids is 1. The number of rotatable bonds is 9. The van der Waals surface area contributed by atoms with Crippen molar-refractivity contribution in [2.75, 3.05) is 27.9 Å². The molecule has 4 aromatic rings. The van der Waals surface area contributed by atoms with Crippen LogP contribution in [0, 0.1) is 13.8 Å². The minimum atomic E-state index is -1.60. The van der Waals surface area contributed by atoms with E-state index < -0.39 is 76.0 Å². The Hall–Kier alpha value is -7.73. The maximum Gasteiger partial charge on any atom is 0.347 e. The Morgan fingerprint density at radius 1 is 0.881 bits per heavy atom. The van der Waals surface area contributed by atoms with Crippen molar-refractivity contribution in [2.24, 2.45) is 0 Å². The molecule has 18 heteroatoms. The minimum Gasteiger partial charge on any atom is -0.507 e. The predicted octanol–water partition coefficient (Wildman–Crippen LogP) is 4.96. The standard InChI is InChI=1S/C22H16O12.C19H18O6/c1-8-5-12(24)10(6-23)19-15(8)22(31)34-20-11(7-32-14(27)4-3-13(25)26)17(28)16(21(29)30)9(2)18(20)33-19;1-21-12-5-4-11-6-14-13-8-17(22-2)18(23-3)9-16(13)24-10-19(14,20)25-15(11)7-12/h3-6,24,28H,7H2,1-2H3,(H,25,26)(H,29,30);4-9,20H,10H2,1-3H3. The second-order valence-electron chi connectivity index (χ2n) is 12.8. The summed E-state index contributed by atoms with van der Waals surface area (Å²) in [6.07, 6.45) is 3.20. The number of carbonyl (C=O) groups excluding carboxylic acids is 3. The zero-order valence-electron chi connectivity index (χ0n) is 31.7. The Kier molecular flexibility index (Phi) is 11.1. The number of benzene rings is 4. The summed E-state index contributed by atoms with van der Waals surface area (Å²) >= 11 is 0. The second kappa shape index (κ2) is 16.0. The fraction of sp³-hybridized carbons (Fsp3) is 0.195. The number of carboxylic acid groups (broad SMARTS) is 2. The summed E-state index contributed by atoms with van der Waals surface area (Å²) in [5.41, 5.74) is 0.368. The highest BCUT2D eigenvalue weighted by atomic mass is 16.7. The highest BCUT2D eigenvalue weighted by Crippen LogP contribution is 2.51. The maximum atomic E-state index is 12.9. The van der Waals surface area contributed by atoms with Gasteiger partial charge in [0, 0.05) is 46.5 Å². The number of hydrogen-bond donors (Lipinski definition) is 5. The average Bonchev–Trinajstić information content (AvgIpc) is 3.35. The lowest BCUT2D eigenvalue weighted by atomic mass is 9.90. The maximum absolute atomic E-state index is 12.9. The van der Waals surface area contributed by atoms with Gasteiger partial charge in [-0.2, -0.15) is 0 Å². The first-order valence-corrected chi connectivity index (χ1v) is 17.2. The molecule has 0 bridgehead atoms. The highest BCUT2D eigenvalue weighted by Gasteiger charge is 2.45. The van der Waals surface area contributed by atoms with Crippen LogP contribution in [0.4, 0.5) is 0 Å². The molecule has 306 valence electrons. The molecule has 3 aliphatic rings. The number of hydrogen-bond acceptors (Lipinski definition) is 16. The third kappa shape index (κ3) is 7.58. The van der Waals surface area contributed by atoms with Crippen LogP contribution in [0.5, 0.6) is 57.5 Å². The molecule has 0 radical (unpaired) electrons. The van der Waals surface area contributed by atoms with Crippen LogP contribution in [0.15, 0.2) is 48.6 Å². The Morgan fingerprint density at radius 3 is 2.24 bits per heavy atom. The fourth-order valence-electron chi connectivity index (χ4n) is 6.43. The van der Waals surface area contributed by atoms with E-state index in [9.17, 15) is 44.4 Å². The lowest BCUT2D eigenvalue weighted by molar-refractivity contribution is -0.139. The number of carbonyl (C=O) groups is 5. The monoisotopic (exact) mass is 814 g/mol. The van der Waals surface area contributed by atoms with Crippen molar-refractivity contribution in [3.05, 3.63) is 93.1 Å². The van der Waals surface area contributed by atoms with Gasteiger partial charge < -0.3 is 63.4 Å². The van der Waals surface area contributed by atoms with Gasteiger partial charge in [0.25, 0.3) is 5.79 Å². The number of aliphatic hydroxyl groups is 1. The van der Waals surface area contributed by atoms with E-state index in [-0.39, 0.29) is 35.3 Å². The molecular weight excluding hydrogens is 780 g/mol. The number of phenolic OH excluding ortho intramolecular Hbond substituents is 1. The van der Waals surface area contributed by atoms with Crippen molar-refractivity contribution in [3.8, 4) is 57.5 Å². The number of esters is 2. The Bertz CT molecular complexity index is 2510. The van der Waals surface area contributed by atoms with Crippen molar-refractivity contribution >= 4 is 41.8 Å². The first-order valence-electron chi connectivity index (χ1n) is 17.2. The van der Waals surface area contributed by atoms with Crippen molar-refractivity contribution in [1.29, 1.82) is 0 Å². The van der Waals surface area contributed by atoms with Gasteiger partial charge in [0.1, 0.15) is 46.5 Å². The molecule has 4 aromatic carbocycles. The van der Waals surface area contributed by atoms with E-state index in [1.807, 2.05) is 18.2 Å². The molecule has 1 atom stereocenters. The molecule has 0 saturated carbocycles. The summed E-state index contributed by atoms with van der Waals surface area (Å²) in [4.78, 5) is 58.6. The van der Waals surface area contributed by atoms with E-state index in [1.165, 1.54) is 13.8 Å². The van der Waals surface area contributed by atoms with Crippen LogP contribution < -0.4 is 33.2 Å². The SMILES string of the molecule is COc1ccc2c(c1)OC1(O)COc3cc(OC)c(OC)cc3C1=C2.Cc1cc(O)c(C=O)c2c1C(=O)Oc1c(COC(=O)C=CC(=O)O)c(O)c(C(=O)O)c(C)c1O2. The number of ether oxygens (including phenoxy) is 8. The molecular formula is C41H34O18. The number of fused-ring (bicyclic) bond motifs is 6. The Labute approximate surface area is 333 Å². The van der Waals surface area contributed by atoms with E-state index in [4.69, 9.17) is 43.0 Å². The number of aliphatic carboxylic acids is 1. The average molecular weight is 815 g/mol. The largest absolute Gasteiger partial charge is 0.507 e. The normalized spacial score (nSPS) is 15.5. The third-order valence-electron chi connectivity index (χ3n) is 9.29. The van der Waals surface area contributed by atoms with E-state index in [0.29, 0.717) is 52.0 Å². The van der Waals surface area contributed by atoms with Gasteiger partial charge in [0.15, 0.2) is 41.6 Å². The quantitative estimate of drug-likeness (QED) is 0.0647. The smallest absolute Gasteiger partial charge is 0.347 e. The molecule has 7 rings (SSSR count). The molecule has 0 amide bonds. The van der Waals surface area contributed by atoms with Crippen LogP contribution in [0.2, 0.25) is 0 Å². The lowest BCUT2D eigenvalue weighted by Crippen LogP contribution is -2.47. The highest BCUT2D eigenvalue weighted by molar-refractivity contribution is 6.03. The van der Waals surface area contributed by atoms with Crippen LogP contribution >= 0.6 is 0 Å². The number of carboxylic acids is 2. The van der Waals surface area contributed by atoms with Crippen molar-refractivity contribution in [2.45, 2.75) is 26.2 Å². The molecule has 0 saturated heterocycles. The summed E-state index contributed by atoms with van der Waals surface area (Å²) in [6, 6.07) is 10.1. The number of phenols is 2. The van der Waals surface area contributed by atoms with E-state index in [2.05, 4.69) is 0 Å². The summed E-state index contributed by atoms with van der Waals surface area (Å²) in [7, 11) is 4.71. The lowest BCUT2D eigenvalue weighted by Gasteiger charge is -2.39. The summed E-state index contributed by atoms with van der Waals surface area (Å²) in [5.74, 6) is -6.57. The molecule has 3 heterocycles. The minimum absolute atomic E-state index is 0.0298. The van der Waals surface area contributed by atoms with Crippen molar-refractivity contribution in [3.63, 3.8) is 0 Å². The van der Waals surface area contributed by atoms with E-state index >= 15 is 0 Å². The fourth-order valence-corrected chi connectivity index (χ4v) is 6.43. The van der Waals surface area contributed by atoms with Gasteiger partial charge >= 0.3 is 23.9 Å². The van der Waals surface area contributed by atoms with Gasteiger partial charge in [-0.3, -0.25) is 4.79 Å². The van der Waals surface area contributed by atoms with Crippen LogP contribution in [-0.2, 0) is 20.9 Å². The van der Waals surface area contributed by atoms with Crippen LogP contribution in [0.3, 0.4) is 0 Å². The molecule has 0 spiro atoms. The van der Waals surface area contributed by atoms with Crippen molar-refractivity contribution < 1.29 is 87.4 Å². The summed E-state index contributed by atoms with van der Waals surface area (Å²) < 4.78 is 43.4. The Balaban J connectivity index is 0.000000207. The molecule has 0 aromatic heterocycles. The van der Waals surface area contributed by atoms with Gasteiger partial charge in [-0.25, -0.2) is 19.2 Å². The predicted molar refractivity (Wildman–Crippen MR) is 201 cm³/mol. The molecule has 1 unspecified atom stereocenters. The van der Waals surface area contributed by atoms with E-state index in [0.717, 1.165) is 11.6 Å². The third-order valence-corrected chi connectivity index (χ3v) is 9.29.